The molecule has 0 unspecified atom stereocenters. The molecule has 0 saturated heterocycles. The SMILES string of the molecule is Cc1nc(-c2cnc(C)c(F)c2)cs1. The first kappa shape index (κ1) is 9.27. The number of pyridine rings is 1. The third kappa shape index (κ3) is 1.65. The molecule has 0 bridgehead atoms. The van der Waals surface area contributed by atoms with Crippen molar-refractivity contribution in [1.82, 2.24) is 9.97 Å². The average molecular weight is 208 g/mol. The molecule has 0 atom stereocenters. The van der Waals surface area contributed by atoms with Crippen LogP contribution in [0.15, 0.2) is 17.6 Å². The highest BCUT2D eigenvalue weighted by molar-refractivity contribution is 7.09. The van der Waals surface area contributed by atoms with E-state index in [2.05, 4.69) is 9.97 Å². The molecule has 2 rings (SSSR count). The van der Waals surface area contributed by atoms with Crippen LogP contribution in [0, 0.1) is 19.7 Å². The van der Waals surface area contributed by atoms with Crippen LogP contribution in [0.2, 0.25) is 0 Å². The number of rotatable bonds is 1. The summed E-state index contributed by atoms with van der Waals surface area (Å²) >= 11 is 1.55. The van der Waals surface area contributed by atoms with Crippen molar-refractivity contribution in [3.8, 4) is 11.3 Å². The van der Waals surface area contributed by atoms with Crippen molar-refractivity contribution in [3.05, 3.63) is 34.2 Å². The van der Waals surface area contributed by atoms with E-state index in [4.69, 9.17) is 0 Å². The van der Waals surface area contributed by atoms with Crippen molar-refractivity contribution >= 4 is 11.3 Å². The lowest BCUT2D eigenvalue weighted by Crippen LogP contribution is -1.89. The van der Waals surface area contributed by atoms with E-state index in [-0.39, 0.29) is 5.82 Å². The van der Waals surface area contributed by atoms with Crippen LogP contribution in [-0.2, 0) is 0 Å². The number of thiazole rings is 1. The molecule has 0 spiro atoms. The van der Waals surface area contributed by atoms with E-state index in [0.29, 0.717) is 5.69 Å². The summed E-state index contributed by atoms with van der Waals surface area (Å²) in [7, 11) is 0. The molecule has 0 N–H and O–H groups in total. The summed E-state index contributed by atoms with van der Waals surface area (Å²) < 4.78 is 13.2. The molecule has 2 aromatic heterocycles. The maximum absolute atomic E-state index is 13.2. The number of aryl methyl sites for hydroxylation is 2. The molecule has 0 aliphatic carbocycles. The summed E-state index contributed by atoms with van der Waals surface area (Å²) in [6.07, 6.45) is 1.65. The first-order chi connectivity index (χ1) is 6.66. The van der Waals surface area contributed by atoms with Crippen LogP contribution in [0.5, 0.6) is 0 Å². The first-order valence-corrected chi connectivity index (χ1v) is 5.09. The van der Waals surface area contributed by atoms with E-state index in [9.17, 15) is 4.39 Å². The van der Waals surface area contributed by atoms with Gasteiger partial charge in [-0.15, -0.1) is 11.3 Å². The lowest BCUT2D eigenvalue weighted by Gasteiger charge is -1.98. The molecular formula is C10H9FN2S. The number of hydrogen-bond acceptors (Lipinski definition) is 3. The number of hydrogen-bond donors (Lipinski definition) is 0. The molecular weight excluding hydrogens is 199 g/mol. The minimum atomic E-state index is -0.284. The van der Waals surface area contributed by atoms with E-state index in [1.54, 1.807) is 24.5 Å². The summed E-state index contributed by atoms with van der Waals surface area (Å²) in [6, 6.07) is 1.47. The van der Waals surface area contributed by atoms with Crippen molar-refractivity contribution in [2.75, 3.05) is 0 Å². The highest BCUT2D eigenvalue weighted by Gasteiger charge is 2.05. The molecule has 0 fully saturated rings. The van der Waals surface area contributed by atoms with Crippen molar-refractivity contribution in [2.24, 2.45) is 0 Å². The zero-order valence-corrected chi connectivity index (χ0v) is 8.73. The fourth-order valence-corrected chi connectivity index (χ4v) is 1.76. The Morgan fingerprint density at radius 1 is 1.36 bits per heavy atom. The quantitative estimate of drug-likeness (QED) is 0.720. The van der Waals surface area contributed by atoms with Gasteiger partial charge < -0.3 is 0 Å². The molecule has 0 radical (unpaired) electrons. The Kier molecular flexibility index (Phi) is 2.29. The van der Waals surface area contributed by atoms with Crippen LogP contribution in [0.1, 0.15) is 10.7 Å². The Morgan fingerprint density at radius 3 is 2.71 bits per heavy atom. The molecule has 2 heterocycles. The molecule has 14 heavy (non-hydrogen) atoms. The van der Waals surface area contributed by atoms with Gasteiger partial charge in [-0.1, -0.05) is 0 Å². The van der Waals surface area contributed by atoms with E-state index >= 15 is 0 Å². The maximum Gasteiger partial charge on any atom is 0.145 e. The molecule has 0 aliphatic heterocycles. The zero-order valence-electron chi connectivity index (χ0n) is 7.91. The van der Waals surface area contributed by atoms with E-state index in [1.165, 1.54) is 6.07 Å². The summed E-state index contributed by atoms with van der Waals surface area (Å²) in [5.41, 5.74) is 1.94. The predicted molar refractivity (Wildman–Crippen MR) is 54.8 cm³/mol. The molecule has 0 amide bonds. The number of nitrogens with zero attached hydrogens (tertiary/aromatic N) is 2. The second-order valence-corrected chi connectivity index (χ2v) is 4.11. The van der Waals surface area contributed by atoms with Gasteiger partial charge in [-0.3, -0.25) is 4.98 Å². The van der Waals surface area contributed by atoms with Crippen LogP contribution >= 0.6 is 11.3 Å². The highest BCUT2D eigenvalue weighted by Crippen LogP contribution is 2.21. The standard InChI is InChI=1S/C10H9FN2S/c1-6-9(11)3-8(4-12-6)10-5-14-7(2)13-10/h3-5H,1-2H3. The van der Waals surface area contributed by atoms with Crippen LogP contribution in [0.4, 0.5) is 4.39 Å². The van der Waals surface area contributed by atoms with Crippen molar-refractivity contribution in [1.29, 1.82) is 0 Å². The van der Waals surface area contributed by atoms with E-state index < -0.39 is 0 Å². The van der Waals surface area contributed by atoms with Gasteiger partial charge in [0.25, 0.3) is 0 Å². The smallest absolute Gasteiger partial charge is 0.145 e. The van der Waals surface area contributed by atoms with Crippen molar-refractivity contribution in [2.45, 2.75) is 13.8 Å². The monoisotopic (exact) mass is 208 g/mol. The summed E-state index contributed by atoms with van der Waals surface area (Å²) in [4.78, 5) is 8.22. The molecule has 0 aliphatic rings. The normalized spacial score (nSPS) is 10.5. The Bertz CT molecular complexity index is 465. The third-order valence-corrected chi connectivity index (χ3v) is 2.71. The summed E-state index contributed by atoms with van der Waals surface area (Å²) in [5, 5.41) is 2.88. The van der Waals surface area contributed by atoms with Crippen LogP contribution < -0.4 is 0 Å². The highest BCUT2D eigenvalue weighted by atomic mass is 32.1. The van der Waals surface area contributed by atoms with Gasteiger partial charge in [0.2, 0.25) is 0 Å². The summed E-state index contributed by atoms with van der Waals surface area (Å²) in [5.74, 6) is -0.284. The van der Waals surface area contributed by atoms with Gasteiger partial charge in [0.15, 0.2) is 0 Å². The van der Waals surface area contributed by atoms with Crippen LogP contribution in [0.25, 0.3) is 11.3 Å². The Balaban J connectivity index is 2.47. The van der Waals surface area contributed by atoms with Crippen molar-refractivity contribution < 1.29 is 4.39 Å². The molecule has 0 aromatic carbocycles. The third-order valence-electron chi connectivity index (χ3n) is 1.94. The van der Waals surface area contributed by atoms with Gasteiger partial charge in [-0.2, -0.15) is 0 Å². The molecule has 4 heteroatoms. The lowest BCUT2D eigenvalue weighted by atomic mass is 10.2. The maximum atomic E-state index is 13.2. The molecule has 2 aromatic rings. The Morgan fingerprint density at radius 2 is 2.14 bits per heavy atom. The van der Waals surface area contributed by atoms with Gasteiger partial charge in [0.1, 0.15) is 5.82 Å². The fourth-order valence-electron chi connectivity index (χ4n) is 1.14. The average Bonchev–Trinajstić information content (AvgIpc) is 2.57. The topological polar surface area (TPSA) is 25.8 Å². The predicted octanol–water partition coefficient (Wildman–Crippen LogP) is 2.96. The first-order valence-electron chi connectivity index (χ1n) is 4.21. The minimum Gasteiger partial charge on any atom is -0.258 e. The van der Waals surface area contributed by atoms with Crippen LogP contribution in [0.3, 0.4) is 0 Å². The Labute approximate surface area is 85.5 Å². The fraction of sp³-hybridized carbons (Fsp3) is 0.200. The molecule has 2 nitrogen and oxygen atoms in total. The van der Waals surface area contributed by atoms with E-state index in [1.807, 2.05) is 12.3 Å². The lowest BCUT2D eigenvalue weighted by molar-refractivity contribution is 0.610. The van der Waals surface area contributed by atoms with E-state index in [0.717, 1.165) is 16.3 Å². The minimum absolute atomic E-state index is 0.284. The second kappa shape index (κ2) is 3.46. The van der Waals surface area contributed by atoms with Gasteiger partial charge >= 0.3 is 0 Å². The molecule has 0 saturated carbocycles. The number of halogens is 1. The van der Waals surface area contributed by atoms with Gasteiger partial charge in [-0.05, 0) is 19.9 Å². The number of aromatic nitrogens is 2. The van der Waals surface area contributed by atoms with Gasteiger partial charge in [0, 0.05) is 17.1 Å². The van der Waals surface area contributed by atoms with Crippen molar-refractivity contribution in [3.63, 3.8) is 0 Å². The van der Waals surface area contributed by atoms with Gasteiger partial charge in [0.05, 0.1) is 16.4 Å². The van der Waals surface area contributed by atoms with Gasteiger partial charge in [-0.25, -0.2) is 9.37 Å². The summed E-state index contributed by atoms with van der Waals surface area (Å²) in [6.45, 7) is 3.57. The zero-order chi connectivity index (χ0) is 10.1. The largest absolute Gasteiger partial charge is 0.258 e. The molecule has 72 valence electrons. The Hall–Kier alpha value is -1.29. The second-order valence-electron chi connectivity index (χ2n) is 3.04. The van der Waals surface area contributed by atoms with Crippen LogP contribution in [-0.4, -0.2) is 9.97 Å².